The van der Waals surface area contributed by atoms with Crippen molar-refractivity contribution in [2.24, 2.45) is 11.3 Å². The van der Waals surface area contributed by atoms with Gasteiger partial charge in [-0.3, -0.25) is 19.1 Å². The summed E-state index contributed by atoms with van der Waals surface area (Å²) in [6.07, 6.45) is 3.89. The Labute approximate surface area is 200 Å². The zero-order valence-electron chi connectivity index (χ0n) is 20.2. The fourth-order valence-electron chi connectivity index (χ4n) is 3.77. The van der Waals surface area contributed by atoms with Gasteiger partial charge in [-0.25, -0.2) is 0 Å². The van der Waals surface area contributed by atoms with E-state index in [-0.39, 0.29) is 23.4 Å². The zero-order valence-corrected chi connectivity index (χ0v) is 20.2. The second kappa shape index (κ2) is 11.1. The van der Waals surface area contributed by atoms with Gasteiger partial charge in [0.05, 0.1) is 11.6 Å². The van der Waals surface area contributed by atoms with Gasteiger partial charge in [-0.2, -0.15) is 10.4 Å². The third-order valence-corrected chi connectivity index (χ3v) is 5.86. The molecule has 0 aliphatic heterocycles. The van der Waals surface area contributed by atoms with Gasteiger partial charge in [0.1, 0.15) is 6.04 Å². The average molecular weight is 467 g/mol. The number of nitriles is 1. The van der Waals surface area contributed by atoms with E-state index in [0.717, 1.165) is 36.6 Å². The van der Waals surface area contributed by atoms with Crippen LogP contribution < -0.4 is 16.0 Å². The minimum absolute atomic E-state index is 0.0324. The average Bonchev–Trinajstić information content (AvgIpc) is 3.59. The molecule has 182 valence electrons. The molecule has 1 aromatic heterocycles. The third-order valence-electron chi connectivity index (χ3n) is 5.86. The van der Waals surface area contributed by atoms with E-state index in [1.54, 1.807) is 4.68 Å². The number of aromatic nitrogens is 2. The number of hydrogen-bond donors (Lipinski definition) is 3. The maximum absolute atomic E-state index is 13.2. The summed E-state index contributed by atoms with van der Waals surface area (Å²) in [6, 6.07) is 8.86. The summed E-state index contributed by atoms with van der Waals surface area (Å²) in [5.74, 6) is -0.561. The molecule has 0 radical (unpaired) electrons. The molecule has 9 nitrogen and oxygen atoms in total. The summed E-state index contributed by atoms with van der Waals surface area (Å²) in [5, 5.41) is 22.5. The van der Waals surface area contributed by atoms with Crippen molar-refractivity contribution in [2.75, 3.05) is 13.1 Å². The molecule has 1 aromatic carbocycles. The van der Waals surface area contributed by atoms with Gasteiger partial charge in [0.25, 0.3) is 5.91 Å². The van der Waals surface area contributed by atoms with Gasteiger partial charge in [0, 0.05) is 37.4 Å². The molecule has 0 saturated heterocycles. The Kier molecular flexibility index (Phi) is 8.26. The lowest BCUT2D eigenvalue weighted by atomic mass is 9.86. The summed E-state index contributed by atoms with van der Waals surface area (Å²) in [4.78, 5) is 37.9. The van der Waals surface area contributed by atoms with Gasteiger partial charge >= 0.3 is 0 Å². The molecule has 1 saturated carbocycles. The standard InChI is InChI=1S/C25H34N6O3/c1-25(2,3)21(24(34)28-15-14-27-22(32)17-11-12-17)29-23(33)20-18-9-5-6-10-19(18)31(30-20)16-8-4-7-13-26/h5-6,9-10,17,21H,4,7-8,11-12,14-16H2,1-3H3,(H,27,32)(H,28,34)(H,29,33)/t21-/m1/s1. The molecule has 0 spiro atoms. The van der Waals surface area contributed by atoms with E-state index in [1.165, 1.54) is 0 Å². The number of para-hydroxylation sites is 1. The lowest BCUT2D eigenvalue weighted by Crippen LogP contribution is -2.54. The van der Waals surface area contributed by atoms with Gasteiger partial charge in [0.15, 0.2) is 5.69 Å². The minimum atomic E-state index is -0.779. The van der Waals surface area contributed by atoms with E-state index in [2.05, 4.69) is 27.1 Å². The number of carbonyl (C=O) groups excluding carboxylic acids is 3. The number of nitrogens with one attached hydrogen (secondary N) is 3. The van der Waals surface area contributed by atoms with Gasteiger partial charge < -0.3 is 16.0 Å². The summed E-state index contributed by atoms with van der Waals surface area (Å²) in [5.41, 5.74) is 0.578. The molecule has 3 rings (SSSR count). The van der Waals surface area contributed by atoms with Crippen molar-refractivity contribution in [3.63, 3.8) is 0 Å². The van der Waals surface area contributed by atoms with Crippen LogP contribution in [0.5, 0.6) is 0 Å². The molecule has 1 atom stereocenters. The van der Waals surface area contributed by atoms with Crippen LogP contribution in [0.1, 0.15) is 63.4 Å². The van der Waals surface area contributed by atoms with Crippen molar-refractivity contribution in [3.8, 4) is 6.07 Å². The van der Waals surface area contributed by atoms with Crippen molar-refractivity contribution in [1.82, 2.24) is 25.7 Å². The molecule has 0 unspecified atom stereocenters. The van der Waals surface area contributed by atoms with Crippen LogP contribution in [-0.2, 0) is 16.1 Å². The lowest BCUT2D eigenvalue weighted by molar-refractivity contribution is -0.126. The largest absolute Gasteiger partial charge is 0.354 e. The Morgan fingerprint density at radius 3 is 2.53 bits per heavy atom. The second-order valence-electron chi connectivity index (χ2n) is 9.83. The van der Waals surface area contributed by atoms with E-state index >= 15 is 0 Å². The quantitative estimate of drug-likeness (QED) is 0.438. The first kappa shape index (κ1) is 25.2. The number of aryl methyl sites for hydroxylation is 1. The van der Waals surface area contributed by atoms with Crippen LogP contribution in [0.4, 0.5) is 0 Å². The lowest BCUT2D eigenvalue weighted by Gasteiger charge is -2.30. The Bertz CT molecular complexity index is 1070. The fraction of sp³-hybridized carbons (Fsp3) is 0.560. The number of carbonyl (C=O) groups is 3. The van der Waals surface area contributed by atoms with Crippen molar-refractivity contribution >= 4 is 28.6 Å². The topological polar surface area (TPSA) is 129 Å². The Morgan fingerprint density at radius 1 is 1.15 bits per heavy atom. The maximum Gasteiger partial charge on any atom is 0.273 e. The van der Waals surface area contributed by atoms with Crippen LogP contribution in [0.25, 0.3) is 10.9 Å². The van der Waals surface area contributed by atoms with Gasteiger partial charge in [-0.05, 0) is 37.2 Å². The van der Waals surface area contributed by atoms with E-state index in [9.17, 15) is 14.4 Å². The predicted molar refractivity (Wildman–Crippen MR) is 129 cm³/mol. The highest BCUT2D eigenvalue weighted by molar-refractivity contribution is 6.06. The first-order valence-electron chi connectivity index (χ1n) is 11.9. The highest BCUT2D eigenvalue weighted by atomic mass is 16.2. The Morgan fingerprint density at radius 2 is 1.85 bits per heavy atom. The summed E-state index contributed by atoms with van der Waals surface area (Å²) in [7, 11) is 0. The van der Waals surface area contributed by atoms with Crippen LogP contribution in [0.3, 0.4) is 0 Å². The van der Waals surface area contributed by atoms with Crippen LogP contribution in [0.15, 0.2) is 24.3 Å². The number of unbranched alkanes of at least 4 members (excludes halogenated alkanes) is 2. The number of rotatable bonds is 11. The molecular formula is C25H34N6O3. The van der Waals surface area contributed by atoms with Crippen LogP contribution in [0.2, 0.25) is 0 Å². The van der Waals surface area contributed by atoms with Gasteiger partial charge in [-0.15, -0.1) is 0 Å². The summed E-state index contributed by atoms with van der Waals surface area (Å²) in [6.45, 7) is 6.91. The molecule has 0 bridgehead atoms. The number of hydrogen-bond acceptors (Lipinski definition) is 5. The molecule has 1 aliphatic carbocycles. The van der Waals surface area contributed by atoms with E-state index in [0.29, 0.717) is 26.1 Å². The number of benzene rings is 1. The highest BCUT2D eigenvalue weighted by Crippen LogP contribution is 2.28. The molecule has 3 N–H and O–H groups in total. The molecule has 3 amide bonds. The van der Waals surface area contributed by atoms with Crippen molar-refractivity contribution in [3.05, 3.63) is 30.0 Å². The van der Waals surface area contributed by atoms with E-state index < -0.39 is 17.4 Å². The molecular weight excluding hydrogens is 432 g/mol. The molecule has 34 heavy (non-hydrogen) atoms. The molecule has 1 aliphatic rings. The maximum atomic E-state index is 13.2. The highest BCUT2D eigenvalue weighted by Gasteiger charge is 2.34. The van der Waals surface area contributed by atoms with Crippen molar-refractivity contribution in [2.45, 2.75) is 65.5 Å². The minimum Gasteiger partial charge on any atom is -0.354 e. The fourth-order valence-corrected chi connectivity index (χ4v) is 3.77. The molecule has 2 aromatic rings. The zero-order chi connectivity index (χ0) is 24.7. The Hall–Kier alpha value is -3.41. The van der Waals surface area contributed by atoms with Gasteiger partial charge in [0.2, 0.25) is 11.8 Å². The Balaban J connectivity index is 1.67. The number of nitrogens with zero attached hydrogens (tertiary/aromatic N) is 3. The monoisotopic (exact) mass is 466 g/mol. The van der Waals surface area contributed by atoms with Crippen molar-refractivity contribution < 1.29 is 14.4 Å². The van der Waals surface area contributed by atoms with Crippen molar-refractivity contribution in [1.29, 1.82) is 5.26 Å². The number of fused-ring (bicyclic) bond motifs is 1. The molecule has 9 heteroatoms. The third kappa shape index (κ3) is 6.56. The van der Waals surface area contributed by atoms with E-state index in [1.807, 2.05) is 45.0 Å². The van der Waals surface area contributed by atoms with Crippen LogP contribution in [0, 0.1) is 22.7 Å². The SMILES string of the molecule is CC(C)(C)[C@H](NC(=O)c1nn(CCCCC#N)c2ccccc12)C(=O)NCCNC(=O)C1CC1. The predicted octanol–water partition coefficient (Wildman–Crippen LogP) is 2.52. The smallest absolute Gasteiger partial charge is 0.273 e. The second-order valence-corrected chi connectivity index (χ2v) is 9.83. The molecule has 1 fully saturated rings. The number of amides is 3. The van der Waals surface area contributed by atoms with Gasteiger partial charge in [-0.1, -0.05) is 39.0 Å². The van der Waals surface area contributed by atoms with E-state index in [4.69, 9.17) is 5.26 Å². The molecule has 1 heterocycles. The van der Waals surface area contributed by atoms with Crippen LogP contribution >= 0.6 is 0 Å². The van der Waals surface area contributed by atoms with Crippen LogP contribution in [-0.4, -0.2) is 46.6 Å². The summed E-state index contributed by atoms with van der Waals surface area (Å²) < 4.78 is 1.79. The first-order chi connectivity index (χ1) is 16.2. The summed E-state index contributed by atoms with van der Waals surface area (Å²) >= 11 is 0. The first-order valence-corrected chi connectivity index (χ1v) is 11.9. The normalized spacial score (nSPS) is 14.3.